The van der Waals surface area contributed by atoms with Crippen LogP contribution in [0.1, 0.15) is 10.4 Å². The summed E-state index contributed by atoms with van der Waals surface area (Å²) in [6.07, 6.45) is 0. The number of azo groups is 1. The Hall–Kier alpha value is -4.19. The minimum Gasteiger partial charge on any atom is -0.506 e. The van der Waals surface area contributed by atoms with E-state index in [1.54, 1.807) is 61.7 Å². The van der Waals surface area contributed by atoms with Gasteiger partial charge < -0.3 is 15.2 Å². The summed E-state index contributed by atoms with van der Waals surface area (Å²) < 4.78 is 5.15. The summed E-state index contributed by atoms with van der Waals surface area (Å²) in [7, 11) is 1.60. The van der Waals surface area contributed by atoms with Crippen molar-refractivity contribution >= 4 is 33.7 Å². The first kappa shape index (κ1) is 19.1. The van der Waals surface area contributed by atoms with Crippen LogP contribution < -0.4 is 10.1 Å². The van der Waals surface area contributed by atoms with Gasteiger partial charge in [-0.25, -0.2) is 0 Å². The molecule has 0 bridgehead atoms. The Bertz CT molecular complexity index is 1220. The molecule has 30 heavy (non-hydrogen) atoms. The SMILES string of the molecule is COc1ccc(N=Nc2cc(C(=O)Nc3ccccc3)c(O)c3ccccc23)cc1. The summed E-state index contributed by atoms with van der Waals surface area (Å²) in [5.41, 5.74) is 1.89. The fraction of sp³-hybridized carbons (Fsp3) is 0.0417. The van der Waals surface area contributed by atoms with Crippen molar-refractivity contribution in [3.8, 4) is 11.5 Å². The Kier molecular flexibility index (Phi) is 5.39. The smallest absolute Gasteiger partial charge is 0.259 e. The van der Waals surface area contributed by atoms with E-state index in [1.165, 1.54) is 0 Å². The van der Waals surface area contributed by atoms with E-state index in [-0.39, 0.29) is 11.3 Å². The van der Waals surface area contributed by atoms with Crippen LogP contribution in [0.5, 0.6) is 11.5 Å². The number of nitrogens with zero attached hydrogens (tertiary/aromatic N) is 2. The molecule has 6 heteroatoms. The summed E-state index contributed by atoms with van der Waals surface area (Å²) in [5.74, 6) is 0.205. The molecule has 0 saturated carbocycles. The largest absolute Gasteiger partial charge is 0.506 e. The number of aromatic hydroxyl groups is 1. The van der Waals surface area contributed by atoms with E-state index in [9.17, 15) is 9.90 Å². The standard InChI is InChI=1S/C24H19N3O3/c1-30-18-13-11-17(12-14-18)26-27-22-15-21(23(28)20-10-6-5-9-19(20)22)24(29)25-16-7-3-2-4-8-16/h2-15,28H,1H3,(H,25,29). The molecule has 6 nitrogen and oxygen atoms in total. The van der Waals surface area contributed by atoms with Gasteiger partial charge in [0.1, 0.15) is 11.5 Å². The molecule has 0 aliphatic carbocycles. The van der Waals surface area contributed by atoms with E-state index in [4.69, 9.17) is 4.74 Å². The second kappa shape index (κ2) is 8.45. The number of anilines is 1. The van der Waals surface area contributed by atoms with Crippen molar-refractivity contribution in [1.82, 2.24) is 0 Å². The lowest BCUT2D eigenvalue weighted by Crippen LogP contribution is -2.12. The molecule has 0 radical (unpaired) electrons. The molecule has 0 aromatic heterocycles. The number of rotatable bonds is 5. The number of ether oxygens (including phenoxy) is 1. The zero-order chi connectivity index (χ0) is 20.9. The molecule has 1 amide bonds. The molecule has 4 aromatic rings. The van der Waals surface area contributed by atoms with Crippen LogP contribution in [-0.4, -0.2) is 18.1 Å². The van der Waals surface area contributed by atoms with Crippen LogP contribution in [0.3, 0.4) is 0 Å². The van der Waals surface area contributed by atoms with Gasteiger partial charge in [0.15, 0.2) is 0 Å². The molecular formula is C24H19N3O3. The van der Waals surface area contributed by atoms with Crippen molar-refractivity contribution < 1.29 is 14.6 Å². The van der Waals surface area contributed by atoms with Crippen molar-refractivity contribution in [2.75, 3.05) is 12.4 Å². The van der Waals surface area contributed by atoms with Gasteiger partial charge in [-0.2, -0.15) is 5.11 Å². The first-order valence-electron chi connectivity index (χ1n) is 9.32. The topological polar surface area (TPSA) is 83.3 Å². The highest BCUT2D eigenvalue weighted by Crippen LogP contribution is 2.37. The molecule has 0 atom stereocenters. The van der Waals surface area contributed by atoms with Gasteiger partial charge in [-0.1, -0.05) is 42.5 Å². The molecule has 0 heterocycles. The van der Waals surface area contributed by atoms with Crippen LogP contribution >= 0.6 is 0 Å². The average Bonchev–Trinajstić information content (AvgIpc) is 2.80. The monoisotopic (exact) mass is 397 g/mol. The highest BCUT2D eigenvalue weighted by molar-refractivity contribution is 6.12. The van der Waals surface area contributed by atoms with Gasteiger partial charge in [0.05, 0.1) is 24.0 Å². The number of hydrogen-bond donors (Lipinski definition) is 2. The summed E-state index contributed by atoms with van der Waals surface area (Å²) in [5, 5.41) is 23.4. The second-order valence-electron chi connectivity index (χ2n) is 6.56. The number of phenols is 1. The lowest BCUT2D eigenvalue weighted by Gasteiger charge is -2.11. The number of fused-ring (bicyclic) bond motifs is 1. The first-order valence-corrected chi connectivity index (χ1v) is 9.32. The third-order valence-corrected chi connectivity index (χ3v) is 4.62. The number of methoxy groups -OCH3 is 1. The Labute approximate surface area is 173 Å². The maximum absolute atomic E-state index is 12.8. The molecule has 0 fully saturated rings. The minimum absolute atomic E-state index is 0.0950. The molecule has 4 aromatic carbocycles. The van der Waals surface area contributed by atoms with E-state index in [0.29, 0.717) is 27.8 Å². The molecular weight excluding hydrogens is 378 g/mol. The number of carbonyl (C=O) groups is 1. The van der Waals surface area contributed by atoms with Gasteiger partial charge >= 0.3 is 0 Å². The predicted molar refractivity (Wildman–Crippen MR) is 117 cm³/mol. The summed E-state index contributed by atoms with van der Waals surface area (Å²) in [6.45, 7) is 0. The van der Waals surface area contributed by atoms with Crippen molar-refractivity contribution in [2.45, 2.75) is 0 Å². The summed E-state index contributed by atoms with van der Waals surface area (Å²) >= 11 is 0. The molecule has 0 unspecified atom stereocenters. The number of para-hydroxylation sites is 1. The quantitative estimate of drug-likeness (QED) is 0.392. The lowest BCUT2D eigenvalue weighted by atomic mass is 10.0. The maximum Gasteiger partial charge on any atom is 0.259 e. The second-order valence-corrected chi connectivity index (χ2v) is 6.56. The zero-order valence-electron chi connectivity index (χ0n) is 16.2. The van der Waals surface area contributed by atoms with E-state index in [0.717, 1.165) is 5.75 Å². The highest BCUT2D eigenvalue weighted by atomic mass is 16.5. The Morgan fingerprint density at radius 2 is 1.53 bits per heavy atom. The van der Waals surface area contributed by atoms with Gasteiger partial charge in [0.25, 0.3) is 5.91 Å². The van der Waals surface area contributed by atoms with E-state index in [1.807, 2.05) is 30.3 Å². The van der Waals surface area contributed by atoms with Crippen LogP contribution in [0, 0.1) is 0 Å². The van der Waals surface area contributed by atoms with Crippen LogP contribution in [0.15, 0.2) is 95.2 Å². The normalized spacial score (nSPS) is 11.0. The number of benzene rings is 4. The fourth-order valence-electron chi connectivity index (χ4n) is 3.08. The highest BCUT2D eigenvalue weighted by Gasteiger charge is 2.17. The van der Waals surface area contributed by atoms with Crippen molar-refractivity contribution in [3.63, 3.8) is 0 Å². The summed E-state index contributed by atoms with van der Waals surface area (Å²) in [4.78, 5) is 12.8. The number of nitrogens with one attached hydrogen (secondary N) is 1. The minimum atomic E-state index is -0.426. The maximum atomic E-state index is 12.8. The van der Waals surface area contributed by atoms with Crippen LogP contribution in [0.25, 0.3) is 10.8 Å². The summed E-state index contributed by atoms with van der Waals surface area (Å²) in [6, 6.07) is 25.0. The van der Waals surface area contributed by atoms with Crippen molar-refractivity contribution in [3.05, 3.63) is 90.5 Å². The van der Waals surface area contributed by atoms with Gasteiger partial charge in [-0.15, -0.1) is 5.11 Å². The molecule has 4 rings (SSSR count). The number of hydrogen-bond acceptors (Lipinski definition) is 5. The van der Waals surface area contributed by atoms with Crippen LogP contribution in [0.2, 0.25) is 0 Å². The average molecular weight is 397 g/mol. The molecule has 148 valence electrons. The van der Waals surface area contributed by atoms with Gasteiger partial charge in [0.2, 0.25) is 0 Å². The third-order valence-electron chi connectivity index (χ3n) is 4.62. The lowest BCUT2D eigenvalue weighted by molar-refractivity contribution is 0.102. The first-order chi connectivity index (χ1) is 14.7. The van der Waals surface area contributed by atoms with Gasteiger partial charge in [-0.3, -0.25) is 4.79 Å². The van der Waals surface area contributed by atoms with E-state index in [2.05, 4.69) is 15.5 Å². The van der Waals surface area contributed by atoms with Crippen LogP contribution in [-0.2, 0) is 0 Å². The van der Waals surface area contributed by atoms with Gasteiger partial charge in [0, 0.05) is 16.5 Å². The number of amides is 1. The molecule has 0 aliphatic heterocycles. The van der Waals surface area contributed by atoms with E-state index < -0.39 is 5.91 Å². The fourth-order valence-corrected chi connectivity index (χ4v) is 3.08. The van der Waals surface area contributed by atoms with Gasteiger partial charge in [-0.05, 0) is 42.5 Å². The predicted octanol–water partition coefficient (Wildman–Crippen LogP) is 6.22. The Balaban J connectivity index is 1.74. The Morgan fingerprint density at radius 1 is 0.867 bits per heavy atom. The van der Waals surface area contributed by atoms with Crippen molar-refractivity contribution in [1.29, 1.82) is 0 Å². The Morgan fingerprint density at radius 3 is 2.23 bits per heavy atom. The molecule has 2 N–H and O–H groups in total. The molecule has 0 saturated heterocycles. The number of carbonyl (C=O) groups excluding carboxylic acids is 1. The molecule has 0 spiro atoms. The third kappa shape index (κ3) is 3.98. The van der Waals surface area contributed by atoms with Crippen molar-refractivity contribution in [2.24, 2.45) is 10.2 Å². The van der Waals surface area contributed by atoms with E-state index >= 15 is 0 Å². The van der Waals surface area contributed by atoms with Crippen LogP contribution in [0.4, 0.5) is 17.1 Å². The number of phenolic OH excluding ortho intramolecular Hbond substituents is 1. The molecule has 0 aliphatic rings. The zero-order valence-corrected chi connectivity index (χ0v) is 16.2.